The molecule has 1 aliphatic heterocycles. The first-order valence-corrected chi connectivity index (χ1v) is 9.30. The van der Waals surface area contributed by atoms with Gasteiger partial charge in [-0.05, 0) is 71.1 Å². The number of rotatable bonds is 5. The van der Waals surface area contributed by atoms with Crippen LogP contribution in [0, 0.1) is 11.3 Å². The molecule has 0 spiro atoms. The van der Waals surface area contributed by atoms with Gasteiger partial charge in [-0.15, -0.1) is 0 Å². The van der Waals surface area contributed by atoms with Crippen molar-refractivity contribution in [3.63, 3.8) is 0 Å². The molecule has 2 aliphatic rings. The summed E-state index contributed by atoms with van der Waals surface area (Å²) >= 11 is 0. The van der Waals surface area contributed by atoms with Crippen LogP contribution in [0.15, 0.2) is 11.1 Å². The molecule has 0 unspecified atom stereocenters. The molecule has 138 valence electrons. The molecule has 0 bridgehead atoms. The molecule has 0 N–H and O–H groups in total. The molecular formula is C20H34O4. The molecule has 1 heterocycles. The van der Waals surface area contributed by atoms with Crippen LogP contribution in [0.4, 0.5) is 0 Å². The lowest BCUT2D eigenvalue weighted by molar-refractivity contribution is -0.411. The van der Waals surface area contributed by atoms with Crippen molar-refractivity contribution in [3.05, 3.63) is 11.1 Å². The van der Waals surface area contributed by atoms with E-state index in [2.05, 4.69) is 27.7 Å². The first-order chi connectivity index (χ1) is 11.2. The minimum atomic E-state index is -0.290. The van der Waals surface area contributed by atoms with Crippen LogP contribution in [-0.4, -0.2) is 24.8 Å². The van der Waals surface area contributed by atoms with E-state index in [0.29, 0.717) is 5.41 Å². The van der Waals surface area contributed by atoms with Crippen LogP contribution in [0.1, 0.15) is 79.6 Å². The summed E-state index contributed by atoms with van der Waals surface area (Å²) in [5, 5.41) is 0. The van der Waals surface area contributed by atoms with E-state index >= 15 is 0 Å². The highest BCUT2D eigenvalue weighted by atomic mass is 17.2. The SMILES string of the molecule is COC(=O)[C@H](C)[C@@H]1CC[C@@](C)(CCC2=C(C)CCCC2(C)C)OO1. The summed E-state index contributed by atoms with van der Waals surface area (Å²) in [4.78, 5) is 23.0. The van der Waals surface area contributed by atoms with Gasteiger partial charge in [0, 0.05) is 0 Å². The zero-order valence-electron chi connectivity index (χ0n) is 16.2. The molecule has 2 rings (SSSR count). The molecule has 3 atom stereocenters. The van der Waals surface area contributed by atoms with Crippen molar-refractivity contribution in [2.75, 3.05) is 7.11 Å². The van der Waals surface area contributed by atoms with Crippen molar-refractivity contribution >= 4 is 5.97 Å². The van der Waals surface area contributed by atoms with Crippen LogP contribution in [0.3, 0.4) is 0 Å². The number of hydrogen-bond donors (Lipinski definition) is 0. The second-order valence-corrected chi connectivity index (χ2v) is 8.51. The summed E-state index contributed by atoms with van der Waals surface area (Å²) in [6, 6.07) is 0. The zero-order chi connectivity index (χ0) is 18.0. The third-order valence-electron chi connectivity index (χ3n) is 6.05. The minimum Gasteiger partial charge on any atom is -0.469 e. The lowest BCUT2D eigenvalue weighted by Gasteiger charge is -2.40. The van der Waals surface area contributed by atoms with Crippen molar-refractivity contribution in [2.45, 2.75) is 91.3 Å². The van der Waals surface area contributed by atoms with E-state index in [1.165, 1.54) is 26.4 Å². The summed E-state index contributed by atoms with van der Waals surface area (Å²) in [6.45, 7) is 11.0. The zero-order valence-corrected chi connectivity index (χ0v) is 16.2. The maximum Gasteiger partial charge on any atom is 0.311 e. The number of carbonyl (C=O) groups excluding carboxylic acids is 1. The molecule has 0 aromatic heterocycles. The highest BCUT2D eigenvalue weighted by Gasteiger charge is 2.39. The monoisotopic (exact) mass is 338 g/mol. The standard InChI is InChI=1S/C20H34O4/c1-14-8-7-11-19(3,4)16(14)9-12-20(5)13-10-17(23-24-20)15(2)18(21)22-6/h15,17H,7-13H2,1-6H3/t15-,17+,20-/m1/s1. The van der Waals surface area contributed by atoms with E-state index < -0.39 is 0 Å². The maximum absolute atomic E-state index is 11.6. The number of esters is 1. The molecule has 24 heavy (non-hydrogen) atoms. The van der Waals surface area contributed by atoms with E-state index in [4.69, 9.17) is 14.5 Å². The summed E-state index contributed by atoms with van der Waals surface area (Å²) in [5.74, 6) is -0.529. The number of methoxy groups -OCH3 is 1. The van der Waals surface area contributed by atoms with E-state index in [0.717, 1.165) is 25.7 Å². The van der Waals surface area contributed by atoms with Gasteiger partial charge in [0.05, 0.1) is 13.0 Å². The summed E-state index contributed by atoms with van der Waals surface area (Å²) in [7, 11) is 1.41. The van der Waals surface area contributed by atoms with Gasteiger partial charge in [-0.2, -0.15) is 0 Å². The van der Waals surface area contributed by atoms with E-state index in [-0.39, 0.29) is 23.6 Å². The average Bonchev–Trinajstić information content (AvgIpc) is 2.53. The van der Waals surface area contributed by atoms with Gasteiger partial charge in [-0.1, -0.05) is 25.0 Å². The Morgan fingerprint density at radius 1 is 1.33 bits per heavy atom. The smallest absolute Gasteiger partial charge is 0.311 e. The lowest BCUT2D eigenvalue weighted by atomic mass is 9.70. The van der Waals surface area contributed by atoms with E-state index in [1.54, 1.807) is 11.1 Å². The van der Waals surface area contributed by atoms with Crippen molar-refractivity contribution in [3.8, 4) is 0 Å². The fourth-order valence-electron chi connectivity index (χ4n) is 4.17. The van der Waals surface area contributed by atoms with Crippen LogP contribution in [0.25, 0.3) is 0 Å². The fraction of sp³-hybridized carbons (Fsp3) is 0.850. The van der Waals surface area contributed by atoms with Crippen LogP contribution < -0.4 is 0 Å². The predicted octanol–water partition coefficient (Wildman–Crippen LogP) is 4.97. The number of ether oxygens (including phenoxy) is 1. The first-order valence-electron chi connectivity index (χ1n) is 9.30. The molecule has 4 nitrogen and oxygen atoms in total. The van der Waals surface area contributed by atoms with Gasteiger partial charge >= 0.3 is 5.97 Å². The molecule has 1 fully saturated rings. The van der Waals surface area contributed by atoms with Gasteiger partial charge in [-0.25, -0.2) is 9.78 Å². The highest BCUT2D eigenvalue weighted by Crippen LogP contribution is 2.44. The third-order valence-corrected chi connectivity index (χ3v) is 6.05. The van der Waals surface area contributed by atoms with Gasteiger partial charge in [0.15, 0.2) is 0 Å². The minimum absolute atomic E-state index is 0.211. The molecule has 1 saturated heterocycles. The summed E-state index contributed by atoms with van der Waals surface area (Å²) < 4.78 is 4.80. The molecule has 0 saturated carbocycles. The van der Waals surface area contributed by atoms with Crippen LogP contribution >= 0.6 is 0 Å². The Hall–Kier alpha value is -0.870. The van der Waals surface area contributed by atoms with E-state index in [9.17, 15) is 4.79 Å². The van der Waals surface area contributed by atoms with Crippen LogP contribution in [-0.2, 0) is 19.3 Å². The Bertz CT molecular complexity index is 484. The predicted molar refractivity (Wildman–Crippen MR) is 94.3 cm³/mol. The molecular weight excluding hydrogens is 304 g/mol. The second kappa shape index (κ2) is 7.57. The molecule has 0 aromatic carbocycles. The lowest BCUT2D eigenvalue weighted by Crippen LogP contribution is -2.42. The third kappa shape index (κ3) is 4.40. The van der Waals surface area contributed by atoms with Crippen molar-refractivity contribution in [1.82, 2.24) is 0 Å². The van der Waals surface area contributed by atoms with Gasteiger partial charge in [0.1, 0.15) is 11.7 Å². The van der Waals surface area contributed by atoms with Gasteiger partial charge in [-0.3, -0.25) is 4.79 Å². The number of hydrogen-bond acceptors (Lipinski definition) is 4. The molecule has 4 heteroatoms. The summed E-state index contributed by atoms with van der Waals surface area (Å²) in [6.07, 6.45) is 7.35. The Labute approximate surface area is 146 Å². The van der Waals surface area contributed by atoms with E-state index in [1.807, 2.05) is 6.92 Å². The van der Waals surface area contributed by atoms with Gasteiger partial charge in [0.25, 0.3) is 0 Å². The molecule has 1 aliphatic carbocycles. The first kappa shape index (κ1) is 19.5. The molecule has 0 amide bonds. The highest BCUT2D eigenvalue weighted by molar-refractivity contribution is 5.72. The normalized spacial score (nSPS) is 31.7. The second-order valence-electron chi connectivity index (χ2n) is 8.51. The molecule has 0 aromatic rings. The van der Waals surface area contributed by atoms with Gasteiger partial charge < -0.3 is 4.74 Å². The average molecular weight is 338 g/mol. The Morgan fingerprint density at radius 3 is 2.58 bits per heavy atom. The quantitative estimate of drug-likeness (QED) is 0.403. The Kier molecular flexibility index (Phi) is 6.14. The number of allylic oxidation sites excluding steroid dienone is 2. The van der Waals surface area contributed by atoms with Crippen molar-refractivity contribution in [2.24, 2.45) is 11.3 Å². The van der Waals surface area contributed by atoms with Crippen LogP contribution in [0.2, 0.25) is 0 Å². The largest absolute Gasteiger partial charge is 0.469 e. The molecule has 0 radical (unpaired) electrons. The topological polar surface area (TPSA) is 44.8 Å². The Balaban J connectivity index is 1.91. The number of carbonyl (C=O) groups is 1. The van der Waals surface area contributed by atoms with Gasteiger partial charge in [0.2, 0.25) is 0 Å². The Morgan fingerprint density at radius 2 is 2.04 bits per heavy atom. The maximum atomic E-state index is 11.6. The summed E-state index contributed by atoms with van der Waals surface area (Å²) in [5.41, 5.74) is 3.19. The fourth-order valence-corrected chi connectivity index (χ4v) is 4.17. The van der Waals surface area contributed by atoms with Crippen molar-refractivity contribution < 1.29 is 19.3 Å². The van der Waals surface area contributed by atoms with Crippen molar-refractivity contribution in [1.29, 1.82) is 0 Å². The van der Waals surface area contributed by atoms with Crippen LogP contribution in [0.5, 0.6) is 0 Å².